The summed E-state index contributed by atoms with van der Waals surface area (Å²) in [7, 11) is 1.80. The third-order valence-corrected chi connectivity index (χ3v) is 5.02. The summed E-state index contributed by atoms with van der Waals surface area (Å²) in [6.45, 7) is 6.20. The van der Waals surface area contributed by atoms with Crippen molar-refractivity contribution < 1.29 is 4.74 Å². The van der Waals surface area contributed by atoms with E-state index in [4.69, 9.17) is 16.3 Å². The zero-order valence-corrected chi connectivity index (χ0v) is 20.0. The van der Waals surface area contributed by atoms with Gasteiger partial charge >= 0.3 is 0 Å². The van der Waals surface area contributed by atoms with E-state index < -0.39 is 0 Å². The Kier molecular flexibility index (Phi) is 10.8. The third kappa shape index (κ3) is 8.50. The second kappa shape index (κ2) is 13.1. The van der Waals surface area contributed by atoms with Crippen LogP contribution in [0.1, 0.15) is 16.7 Å². The van der Waals surface area contributed by atoms with Crippen LogP contribution in [0.4, 0.5) is 0 Å². The van der Waals surface area contributed by atoms with Crippen LogP contribution in [0, 0.1) is 0 Å². The Balaban J connectivity index is 0.00000300. The normalized spacial score (nSPS) is 14.9. The largest absolute Gasteiger partial charge is 0.379 e. The smallest absolute Gasteiger partial charge is 0.191 e. The van der Waals surface area contributed by atoms with Gasteiger partial charge in [0.15, 0.2) is 5.96 Å². The number of nitrogens with zero attached hydrogens (tertiary/aromatic N) is 2. The Morgan fingerprint density at radius 3 is 2.52 bits per heavy atom. The number of ether oxygens (including phenoxy) is 1. The fraction of sp³-hybridized carbons (Fsp3) is 0.409. The van der Waals surface area contributed by atoms with Gasteiger partial charge in [-0.25, -0.2) is 0 Å². The zero-order valence-electron chi connectivity index (χ0n) is 16.9. The molecule has 3 rings (SSSR count). The van der Waals surface area contributed by atoms with Crippen LogP contribution in [0.2, 0.25) is 5.02 Å². The number of halogens is 2. The van der Waals surface area contributed by atoms with Crippen molar-refractivity contribution in [3.63, 3.8) is 0 Å². The quantitative estimate of drug-likeness (QED) is 0.327. The Labute approximate surface area is 195 Å². The van der Waals surface area contributed by atoms with Crippen molar-refractivity contribution >= 4 is 41.5 Å². The summed E-state index contributed by atoms with van der Waals surface area (Å²) in [6.07, 6.45) is 0.899. The minimum atomic E-state index is 0. The molecule has 0 aromatic heterocycles. The number of guanidine groups is 1. The van der Waals surface area contributed by atoms with Gasteiger partial charge in [0, 0.05) is 44.8 Å². The highest BCUT2D eigenvalue weighted by atomic mass is 127. The summed E-state index contributed by atoms with van der Waals surface area (Å²) in [4.78, 5) is 6.75. The van der Waals surface area contributed by atoms with Gasteiger partial charge in [-0.2, -0.15) is 0 Å². The van der Waals surface area contributed by atoms with E-state index >= 15 is 0 Å². The number of rotatable bonds is 7. The summed E-state index contributed by atoms with van der Waals surface area (Å²) >= 11 is 6.04. The molecule has 7 heteroatoms. The molecule has 5 nitrogen and oxygen atoms in total. The van der Waals surface area contributed by atoms with Crippen LogP contribution in [-0.2, 0) is 24.2 Å². The number of nitrogens with one attached hydrogen (secondary N) is 2. The molecule has 0 spiro atoms. The van der Waals surface area contributed by atoms with Gasteiger partial charge in [-0.3, -0.25) is 9.89 Å². The number of morpholine rings is 1. The third-order valence-electron chi connectivity index (χ3n) is 4.78. The maximum Gasteiger partial charge on any atom is 0.191 e. The van der Waals surface area contributed by atoms with Crippen LogP contribution in [0.5, 0.6) is 0 Å². The Morgan fingerprint density at radius 1 is 1.03 bits per heavy atom. The van der Waals surface area contributed by atoms with Crippen molar-refractivity contribution in [1.82, 2.24) is 15.5 Å². The van der Waals surface area contributed by atoms with Crippen LogP contribution in [-0.4, -0.2) is 50.8 Å². The standard InChI is InChI=1S/C22H29ClN4O.HI/c1-24-22(25-9-8-18-4-3-7-21(23)15-18)26-16-19-5-2-6-20(14-19)17-27-10-12-28-13-11-27;/h2-7,14-15H,8-13,16-17H2,1H3,(H2,24,25,26);1H. The van der Waals surface area contributed by atoms with Crippen LogP contribution >= 0.6 is 35.6 Å². The van der Waals surface area contributed by atoms with Gasteiger partial charge < -0.3 is 15.4 Å². The number of hydrogen-bond acceptors (Lipinski definition) is 3. The summed E-state index contributed by atoms with van der Waals surface area (Å²) in [5, 5.41) is 7.53. The van der Waals surface area contributed by atoms with E-state index in [2.05, 4.69) is 50.9 Å². The van der Waals surface area contributed by atoms with Gasteiger partial charge in [-0.15, -0.1) is 24.0 Å². The molecule has 29 heavy (non-hydrogen) atoms. The van der Waals surface area contributed by atoms with Crippen molar-refractivity contribution in [2.24, 2.45) is 4.99 Å². The highest BCUT2D eigenvalue weighted by Crippen LogP contribution is 2.11. The molecule has 1 aliphatic rings. The molecule has 2 aromatic rings. The minimum Gasteiger partial charge on any atom is -0.379 e. The first-order valence-corrected chi connectivity index (χ1v) is 10.2. The molecule has 1 fully saturated rings. The number of benzene rings is 2. The van der Waals surface area contributed by atoms with Crippen LogP contribution in [0.25, 0.3) is 0 Å². The Hall–Kier alpha value is -1.35. The van der Waals surface area contributed by atoms with Crippen molar-refractivity contribution in [2.45, 2.75) is 19.5 Å². The van der Waals surface area contributed by atoms with E-state index in [0.717, 1.165) is 63.3 Å². The Morgan fingerprint density at radius 2 is 1.76 bits per heavy atom. The molecule has 0 unspecified atom stereocenters. The topological polar surface area (TPSA) is 48.9 Å². The maximum absolute atomic E-state index is 6.04. The van der Waals surface area contributed by atoms with Crippen LogP contribution in [0.15, 0.2) is 53.5 Å². The molecule has 2 N–H and O–H groups in total. The highest BCUT2D eigenvalue weighted by Gasteiger charge is 2.10. The molecule has 0 amide bonds. The zero-order chi connectivity index (χ0) is 19.6. The van der Waals surface area contributed by atoms with E-state index in [1.54, 1.807) is 7.05 Å². The number of hydrogen-bond donors (Lipinski definition) is 2. The van der Waals surface area contributed by atoms with Crippen molar-refractivity contribution in [1.29, 1.82) is 0 Å². The van der Waals surface area contributed by atoms with Crippen LogP contribution < -0.4 is 10.6 Å². The van der Waals surface area contributed by atoms with Gasteiger partial charge in [0.25, 0.3) is 0 Å². The molecule has 0 radical (unpaired) electrons. The van der Waals surface area contributed by atoms with Gasteiger partial charge in [0.2, 0.25) is 0 Å². The average Bonchev–Trinajstić information content (AvgIpc) is 2.72. The summed E-state index contributed by atoms with van der Waals surface area (Å²) in [6, 6.07) is 16.7. The summed E-state index contributed by atoms with van der Waals surface area (Å²) in [5.74, 6) is 0.806. The molecule has 1 heterocycles. The molecular weight excluding hydrogens is 499 g/mol. The van der Waals surface area contributed by atoms with Gasteiger partial charge in [-0.1, -0.05) is 48.0 Å². The van der Waals surface area contributed by atoms with Gasteiger partial charge in [0.05, 0.1) is 13.2 Å². The lowest BCUT2D eigenvalue weighted by Crippen LogP contribution is -2.38. The SMILES string of the molecule is CN=C(NCCc1cccc(Cl)c1)NCc1cccc(CN2CCOCC2)c1.I. The fourth-order valence-electron chi connectivity index (χ4n) is 3.28. The predicted molar refractivity (Wildman–Crippen MR) is 131 cm³/mol. The van der Waals surface area contributed by atoms with E-state index in [0.29, 0.717) is 0 Å². The van der Waals surface area contributed by atoms with E-state index in [1.807, 2.05) is 18.2 Å². The molecule has 0 atom stereocenters. The molecule has 0 saturated carbocycles. The average molecular weight is 529 g/mol. The van der Waals surface area contributed by atoms with E-state index in [1.165, 1.54) is 16.7 Å². The van der Waals surface area contributed by atoms with Crippen molar-refractivity contribution in [3.8, 4) is 0 Å². The first kappa shape index (κ1) is 23.9. The van der Waals surface area contributed by atoms with E-state index in [-0.39, 0.29) is 24.0 Å². The molecule has 158 valence electrons. The molecular formula is C22H30ClIN4O. The molecule has 2 aromatic carbocycles. The lowest BCUT2D eigenvalue weighted by Gasteiger charge is -2.26. The lowest BCUT2D eigenvalue weighted by molar-refractivity contribution is 0.0342. The second-order valence-corrected chi connectivity index (χ2v) is 7.38. The first-order chi connectivity index (χ1) is 13.7. The Bertz CT molecular complexity index is 781. The molecule has 0 aliphatic carbocycles. The molecule has 1 saturated heterocycles. The summed E-state index contributed by atoms with van der Waals surface area (Å²) in [5.41, 5.74) is 3.81. The fourth-order valence-corrected chi connectivity index (χ4v) is 3.49. The number of aliphatic imine (C=N–C) groups is 1. The minimum absolute atomic E-state index is 0. The lowest BCUT2D eigenvalue weighted by atomic mass is 10.1. The second-order valence-electron chi connectivity index (χ2n) is 6.94. The summed E-state index contributed by atoms with van der Waals surface area (Å²) < 4.78 is 5.43. The molecule has 1 aliphatic heterocycles. The van der Waals surface area contributed by atoms with Gasteiger partial charge in [0.1, 0.15) is 0 Å². The molecule has 0 bridgehead atoms. The van der Waals surface area contributed by atoms with Gasteiger partial charge in [-0.05, 0) is 35.2 Å². The monoisotopic (exact) mass is 528 g/mol. The maximum atomic E-state index is 6.04. The predicted octanol–water partition coefficient (Wildman–Crippen LogP) is 3.70. The van der Waals surface area contributed by atoms with E-state index in [9.17, 15) is 0 Å². The van der Waals surface area contributed by atoms with Crippen molar-refractivity contribution in [2.75, 3.05) is 39.9 Å². The highest BCUT2D eigenvalue weighted by molar-refractivity contribution is 14.0. The van der Waals surface area contributed by atoms with Crippen LogP contribution in [0.3, 0.4) is 0 Å². The first-order valence-electron chi connectivity index (χ1n) is 9.80. The van der Waals surface area contributed by atoms with Crippen molar-refractivity contribution in [3.05, 3.63) is 70.2 Å².